The van der Waals surface area contributed by atoms with Crippen molar-refractivity contribution in [3.63, 3.8) is 0 Å². The molecule has 0 radical (unpaired) electrons. The number of nitrogens with one attached hydrogen (secondary N) is 1. The lowest BCUT2D eigenvalue weighted by atomic mass is 10.1. The highest BCUT2D eigenvalue weighted by atomic mass is 15.1. The van der Waals surface area contributed by atoms with Crippen molar-refractivity contribution in [1.29, 1.82) is 0 Å². The van der Waals surface area contributed by atoms with Crippen LogP contribution >= 0.6 is 0 Å². The molecule has 2 aromatic rings. The van der Waals surface area contributed by atoms with Crippen LogP contribution in [0.3, 0.4) is 0 Å². The monoisotopic (exact) mass is 295 g/mol. The van der Waals surface area contributed by atoms with Gasteiger partial charge in [0, 0.05) is 5.69 Å². The maximum absolute atomic E-state index is 5.97. The molecule has 0 heterocycles. The SMILES string of the molecule is CCCc1ccc(N=C(N)Nc2ccc(CCC)cc2)cc1. The van der Waals surface area contributed by atoms with E-state index in [4.69, 9.17) is 5.73 Å². The molecule has 3 heteroatoms. The lowest BCUT2D eigenvalue weighted by Gasteiger charge is -2.07. The Morgan fingerprint density at radius 2 is 1.36 bits per heavy atom. The second-order valence-electron chi connectivity index (χ2n) is 5.49. The summed E-state index contributed by atoms with van der Waals surface area (Å²) in [6, 6.07) is 16.5. The number of nitrogens with two attached hydrogens (primary N) is 1. The number of hydrogen-bond acceptors (Lipinski definition) is 1. The lowest BCUT2D eigenvalue weighted by molar-refractivity contribution is 0.922. The number of benzene rings is 2. The van der Waals surface area contributed by atoms with E-state index in [0.29, 0.717) is 5.96 Å². The van der Waals surface area contributed by atoms with Crippen LogP contribution in [-0.2, 0) is 12.8 Å². The Labute approximate surface area is 133 Å². The van der Waals surface area contributed by atoms with Crippen LogP contribution in [0.2, 0.25) is 0 Å². The second kappa shape index (κ2) is 8.23. The molecular weight excluding hydrogens is 270 g/mol. The third-order valence-corrected chi connectivity index (χ3v) is 3.49. The third kappa shape index (κ3) is 4.92. The molecule has 0 fully saturated rings. The first kappa shape index (κ1) is 16.1. The number of rotatable bonds is 6. The van der Waals surface area contributed by atoms with E-state index in [0.717, 1.165) is 37.1 Å². The number of anilines is 1. The highest BCUT2D eigenvalue weighted by Crippen LogP contribution is 2.15. The van der Waals surface area contributed by atoms with Crippen molar-refractivity contribution in [2.45, 2.75) is 39.5 Å². The van der Waals surface area contributed by atoms with E-state index in [1.165, 1.54) is 11.1 Å². The van der Waals surface area contributed by atoms with Gasteiger partial charge in [-0.15, -0.1) is 0 Å². The molecule has 0 aliphatic carbocycles. The van der Waals surface area contributed by atoms with Crippen molar-refractivity contribution in [2.75, 3.05) is 5.32 Å². The van der Waals surface area contributed by atoms with Crippen LogP contribution in [-0.4, -0.2) is 5.96 Å². The van der Waals surface area contributed by atoms with Gasteiger partial charge in [-0.1, -0.05) is 51.0 Å². The number of aryl methyl sites for hydroxylation is 2. The molecule has 0 atom stereocenters. The van der Waals surface area contributed by atoms with Gasteiger partial charge in [-0.05, 0) is 48.2 Å². The minimum atomic E-state index is 0.409. The van der Waals surface area contributed by atoms with E-state index < -0.39 is 0 Å². The fourth-order valence-corrected chi connectivity index (χ4v) is 2.38. The summed E-state index contributed by atoms with van der Waals surface area (Å²) in [5.74, 6) is 0.409. The fourth-order valence-electron chi connectivity index (χ4n) is 2.38. The molecule has 22 heavy (non-hydrogen) atoms. The highest BCUT2D eigenvalue weighted by Gasteiger charge is 1.98. The summed E-state index contributed by atoms with van der Waals surface area (Å²) in [6.07, 6.45) is 4.51. The van der Waals surface area contributed by atoms with Crippen LogP contribution in [0, 0.1) is 0 Å². The van der Waals surface area contributed by atoms with Gasteiger partial charge in [0.15, 0.2) is 5.96 Å². The van der Waals surface area contributed by atoms with Gasteiger partial charge in [-0.3, -0.25) is 0 Å². The standard InChI is InChI=1S/C19H25N3/c1-3-5-15-7-11-17(12-8-15)21-19(20)22-18-13-9-16(6-4-2)10-14-18/h7-14H,3-6H2,1-2H3,(H3,20,21,22). The zero-order chi connectivity index (χ0) is 15.8. The van der Waals surface area contributed by atoms with Crippen LogP contribution < -0.4 is 11.1 Å². The molecule has 116 valence electrons. The molecule has 0 amide bonds. The summed E-state index contributed by atoms with van der Waals surface area (Å²) < 4.78 is 0. The maximum atomic E-state index is 5.97. The summed E-state index contributed by atoms with van der Waals surface area (Å²) in [5.41, 5.74) is 10.5. The van der Waals surface area contributed by atoms with Crippen LogP contribution in [0.25, 0.3) is 0 Å². The second-order valence-corrected chi connectivity index (χ2v) is 5.49. The van der Waals surface area contributed by atoms with Gasteiger partial charge < -0.3 is 11.1 Å². The molecule has 0 saturated heterocycles. The summed E-state index contributed by atoms with van der Waals surface area (Å²) in [5, 5.41) is 3.13. The number of aliphatic imine (C=N–C) groups is 1. The average molecular weight is 295 g/mol. The Bertz CT molecular complexity index is 598. The van der Waals surface area contributed by atoms with Gasteiger partial charge in [0.2, 0.25) is 0 Å². The predicted octanol–water partition coefficient (Wildman–Crippen LogP) is 4.65. The van der Waals surface area contributed by atoms with Gasteiger partial charge in [0.05, 0.1) is 5.69 Å². The Morgan fingerprint density at radius 3 is 1.86 bits per heavy atom. The Hall–Kier alpha value is -2.29. The van der Waals surface area contributed by atoms with Crippen molar-refractivity contribution in [3.05, 3.63) is 59.7 Å². The van der Waals surface area contributed by atoms with E-state index in [2.05, 4.69) is 48.4 Å². The molecule has 0 spiro atoms. The molecule has 2 rings (SSSR count). The van der Waals surface area contributed by atoms with Crippen LogP contribution in [0.1, 0.15) is 37.8 Å². The van der Waals surface area contributed by atoms with E-state index in [1.54, 1.807) is 0 Å². The van der Waals surface area contributed by atoms with Crippen LogP contribution in [0.4, 0.5) is 11.4 Å². The molecule has 0 unspecified atom stereocenters. The van der Waals surface area contributed by atoms with Gasteiger partial charge in [-0.2, -0.15) is 0 Å². The molecule has 0 bridgehead atoms. The summed E-state index contributed by atoms with van der Waals surface area (Å²) in [6.45, 7) is 4.36. The van der Waals surface area contributed by atoms with Gasteiger partial charge in [0.1, 0.15) is 0 Å². The quantitative estimate of drug-likeness (QED) is 0.602. The van der Waals surface area contributed by atoms with E-state index in [1.807, 2.05) is 24.3 Å². The molecule has 0 saturated carbocycles. The largest absolute Gasteiger partial charge is 0.369 e. The zero-order valence-corrected chi connectivity index (χ0v) is 13.5. The summed E-state index contributed by atoms with van der Waals surface area (Å²) in [7, 11) is 0. The molecular formula is C19H25N3. The van der Waals surface area contributed by atoms with Crippen molar-refractivity contribution < 1.29 is 0 Å². The first-order valence-corrected chi connectivity index (χ1v) is 8.00. The third-order valence-electron chi connectivity index (χ3n) is 3.49. The van der Waals surface area contributed by atoms with E-state index in [9.17, 15) is 0 Å². The minimum Gasteiger partial charge on any atom is -0.369 e. The van der Waals surface area contributed by atoms with Crippen molar-refractivity contribution in [3.8, 4) is 0 Å². The molecule has 3 N–H and O–H groups in total. The highest BCUT2D eigenvalue weighted by molar-refractivity contribution is 5.93. The molecule has 3 nitrogen and oxygen atoms in total. The summed E-state index contributed by atoms with van der Waals surface area (Å²) in [4.78, 5) is 4.40. The topological polar surface area (TPSA) is 50.4 Å². The smallest absolute Gasteiger partial charge is 0.198 e. The molecule has 0 aliphatic rings. The van der Waals surface area contributed by atoms with Crippen molar-refractivity contribution >= 4 is 17.3 Å². The number of guanidine groups is 1. The summed E-state index contributed by atoms with van der Waals surface area (Å²) >= 11 is 0. The first-order chi connectivity index (χ1) is 10.7. The van der Waals surface area contributed by atoms with Crippen LogP contribution in [0.15, 0.2) is 53.5 Å². The van der Waals surface area contributed by atoms with Crippen molar-refractivity contribution in [2.24, 2.45) is 10.7 Å². The number of nitrogens with zero attached hydrogens (tertiary/aromatic N) is 1. The Morgan fingerprint density at radius 1 is 0.864 bits per heavy atom. The Kier molecular flexibility index (Phi) is 6.01. The normalized spacial score (nSPS) is 11.5. The van der Waals surface area contributed by atoms with Crippen molar-refractivity contribution in [1.82, 2.24) is 0 Å². The molecule has 0 aliphatic heterocycles. The van der Waals surface area contributed by atoms with Gasteiger partial charge >= 0.3 is 0 Å². The molecule has 0 aromatic heterocycles. The minimum absolute atomic E-state index is 0.409. The van der Waals surface area contributed by atoms with Crippen LogP contribution in [0.5, 0.6) is 0 Å². The molecule has 2 aromatic carbocycles. The predicted molar refractivity (Wildman–Crippen MR) is 95.8 cm³/mol. The lowest BCUT2D eigenvalue weighted by Crippen LogP contribution is -2.21. The number of hydrogen-bond donors (Lipinski definition) is 2. The first-order valence-electron chi connectivity index (χ1n) is 8.00. The average Bonchev–Trinajstić information content (AvgIpc) is 2.52. The van der Waals surface area contributed by atoms with Gasteiger partial charge in [0.25, 0.3) is 0 Å². The van der Waals surface area contributed by atoms with E-state index >= 15 is 0 Å². The zero-order valence-electron chi connectivity index (χ0n) is 13.5. The van der Waals surface area contributed by atoms with Gasteiger partial charge in [-0.25, -0.2) is 4.99 Å². The Balaban J connectivity index is 1.99. The fraction of sp³-hybridized carbons (Fsp3) is 0.316. The maximum Gasteiger partial charge on any atom is 0.198 e. The van der Waals surface area contributed by atoms with E-state index in [-0.39, 0.29) is 0 Å².